The summed E-state index contributed by atoms with van der Waals surface area (Å²) in [7, 11) is 1.79. The molecule has 0 aliphatic carbocycles. The molecule has 1 aromatic heterocycles. The van der Waals surface area contributed by atoms with Crippen molar-refractivity contribution in [1.29, 1.82) is 0 Å². The summed E-state index contributed by atoms with van der Waals surface area (Å²) in [5, 5.41) is 9.82. The largest absolute Gasteiger partial charge is 0.483 e. The summed E-state index contributed by atoms with van der Waals surface area (Å²) in [6.07, 6.45) is 2.25. The molecule has 0 bridgehead atoms. The highest BCUT2D eigenvalue weighted by molar-refractivity contribution is 7.09. The number of aromatic nitrogens is 1. The first-order chi connectivity index (χ1) is 12.5. The molecule has 136 valence electrons. The molecule has 0 spiro atoms. The Labute approximate surface area is 154 Å². The first-order valence-electron chi connectivity index (χ1n) is 7.97. The molecule has 2 aliphatic heterocycles. The van der Waals surface area contributed by atoms with E-state index < -0.39 is 0 Å². The zero-order valence-corrected chi connectivity index (χ0v) is 14.9. The van der Waals surface area contributed by atoms with Crippen LogP contribution >= 0.6 is 11.3 Å². The number of urea groups is 1. The number of hydrogen-bond donors (Lipinski definition) is 2. The van der Waals surface area contributed by atoms with Gasteiger partial charge in [-0.05, 0) is 17.7 Å². The van der Waals surface area contributed by atoms with Crippen molar-refractivity contribution in [3.8, 4) is 0 Å². The predicted octanol–water partition coefficient (Wildman–Crippen LogP) is 2.19. The zero-order valence-electron chi connectivity index (χ0n) is 14.1. The smallest absolute Gasteiger partial charge is 0.324 e. The Kier molecular flexibility index (Phi) is 5.17. The van der Waals surface area contributed by atoms with Crippen molar-refractivity contribution in [2.24, 2.45) is 0 Å². The van der Waals surface area contributed by atoms with Crippen molar-refractivity contribution >= 4 is 41.1 Å². The Balaban J connectivity index is 0.000000613. The van der Waals surface area contributed by atoms with Gasteiger partial charge >= 0.3 is 6.03 Å². The van der Waals surface area contributed by atoms with Crippen molar-refractivity contribution in [3.63, 3.8) is 0 Å². The second kappa shape index (κ2) is 7.52. The quantitative estimate of drug-likeness (QED) is 0.785. The summed E-state index contributed by atoms with van der Waals surface area (Å²) in [6.45, 7) is 1.13. The number of carbonyl (C=O) groups is 3. The number of rotatable bonds is 2. The number of nitrogens with zero attached hydrogens (tertiary/aromatic N) is 3. The number of carbonyl (C=O) groups excluding carboxylic acids is 2. The Morgan fingerprint density at radius 2 is 2.12 bits per heavy atom. The number of fused-ring (bicyclic) bond motifs is 1. The van der Waals surface area contributed by atoms with E-state index in [1.165, 1.54) is 0 Å². The average Bonchev–Trinajstić information content (AvgIpc) is 3.25. The van der Waals surface area contributed by atoms with Gasteiger partial charge in [0.05, 0.1) is 5.51 Å². The van der Waals surface area contributed by atoms with Gasteiger partial charge in [0.1, 0.15) is 0 Å². The molecule has 9 heteroatoms. The van der Waals surface area contributed by atoms with Gasteiger partial charge in [0.15, 0.2) is 0 Å². The van der Waals surface area contributed by atoms with Crippen molar-refractivity contribution < 1.29 is 19.5 Å². The SMILES string of the molecule is CN1CCN(c2ccc3c(c2)NC(=O)CC3c2cncs2)C1=O.O=CO. The number of nitrogens with one attached hydrogen (secondary N) is 1. The summed E-state index contributed by atoms with van der Waals surface area (Å²) >= 11 is 1.56. The van der Waals surface area contributed by atoms with Crippen LogP contribution in [0.25, 0.3) is 0 Å². The van der Waals surface area contributed by atoms with E-state index in [9.17, 15) is 9.59 Å². The van der Waals surface area contributed by atoms with Crippen molar-refractivity contribution in [3.05, 3.63) is 40.3 Å². The normalized spacial score (nSPS) is 18.7. The minimum Gasteiger partial charge on any atom is -0.483 e. The topological polar surface area (TPSA) is 103 Å². The van der Waals surface area contributed by atoms with E-state index in [2.05, 4.69) is 10.3 Å². The average molecular weight is 374 g/mol. The van der Waals surface area contributed by atoms with Crippen LogP contribution in [0.15, 0.2) is 29.9 Å². The standard InChI is InChI=1S/C16H16N4O2S.CH2O2/c1-19-4-5-20(16(19)22)10-2-3-11-12(14-8-17-9-23-14)7-15(21)18-13(11)6-10;2-1-3/h2-3,6,8-9,12H,4-5,7H2,1H3,(H,18,21);1H,(H,2,3). The molecular weight excluding hydrogens is 356 g/mol. The molecule has 1 aromatic carbocycles. The molecule has 3 heterocycles. The van der Waals surface area contributed by atoms with Crippen LogP contribution in [0.2, 0.25) is 0 Å². The lowest BCUT2D eigenvalue weighted by molar-refractivity contribution is -0.123. The molecule has 2 aromatic rings. The number of benzene rings is 1. The summed E-state index contributed by atoms with van der Waals surface area (Å²) in [6, 6.07) is 5.87. The highest BCUT2D eigenvalue weighted by atomic mass is 32.1. The molecule has 1 atom stereocenters. The Hall–Kier alpha value is -2.94. The number of carboxylic acid groups (broad SMARTS) is 1. The lowest BCUT2D eigenvalue weighted by Crippen LogP contribution is -2.29. The summed E-state index contributed by atoms with van der Waals surface area (Å²) in [5.74, 6) is 0.0372. The van der Waals surface area contributed by atoms with Crippen LogP contribution in [0.5, 0.6) is 0 Å². The lowest BCUT2D eigenvalue weighted by Gasteiger charge is -2.26. The number of hydrogen-bond acceptors (Lipinski definition) is 5. The van der Waals surface area contributed by atoms with Gasteiger partial charge < -0.3 is 15.3 Å². The van der Waals surface area contributed by atoms with Crippen LogP contribution in [0.4, 0.5) is 16.2 Å². The summed E-state index contributed by atoms with van der Waals surface area (Å²) < 4.78 is 0. The highest BCUT2D eigenvalue weighted by Gasteiger charge is 2.30. The molecule has 8 nitrogen and oxygen atoms in total. The molecule has 0 radical (unpaired) electrons. The van der Waals surface area contributed by atoms with Crippen LogP contribution < -0.4 is 10.2 Å². The van der Waals surface area contributed by atoms with Gasteiger partial charge in [0.2, 0.25) is 5.91 Å². The molecule has 1 saturated heterocycles. The Bertz CT molecular complexity index is 824. The van der Waals surface area contributed by atoms with Gasteiger partial charge in [-0.25, -0.2) is 4.79 Å². The maximum Gasteiger partial charge on any atom is 0.324 e. The first-order valence-corrected chi connectivity index (χ1v) is 8.85. The van der Waals surface area contributed by atoms with Gasteiger partial charge in [0, 0.05) is 54.9 Å². The second-order valence-electron chi connectivity index (χ2n) is 5.94. The molecule has 3 amide bonds. The fraction of sp³-hybridized carbons (Fsp3) is 0.294. The minimum atomic E-state index is -0.250. The zero-order chi connectivity index (χ0) is 18.7. The third-order valence-corrected chi connectivity index (χ3v) is 5.29. The van der Waals surface area contributed by atoms with Crippen LogP contribution in [-0.2, 0) is 9.59 Å². The number of thiazole rings is 1. The van der Waals surface area contributed by atoms with E-state index in [0.29, 0.717) is 19.5 Å². The number of anilines is 2. The maximum atomic E-state index is 12.1. The third-order valence-electron chi connectivity index (χ3n) is 4.40. The Morgan fingerprint density at radius 3 is 2.73 bits per heavy atom. The fourth-order valence-corrected chi connectivity index (χ4v) is 3.90. The molecule has 4 rings (SSSR count). The third kappa shape index (κ3) is 3.38. The fourth-order valence-electron chi connectivity index (χ4n) is 3.16. The van der Waals surface area contributed by atoms with E-state index >= 15 is 0 Å². The van der Waals surface area contributed by atoms with Gasteiger partial charge in [-0.1, -0.05) is 6.07 Å². The summed E-state index contributed by atoms with van der Waals surface area (Å²) in [5.41, 5.74) is 4.48. The molecule has 2 N–H and O–H groups in total. The second-order valence-corrected chi connectivity index (χ2v) is 6.86. The number of amides is 3. The van der Waals surface area contributed by atoms with Gasteiger partial charge in [0.25, 0.3) is 6.47 Å². The van der Waals surface area contributed by atoms with Crippen LogP contribution in [0.1, 0.15) is 22.8 Å². The predicted molar refractivity (Wildman–Crippen MR) is 97.7 cm³/mol. The molecule has 1 unspecified atom stereocenters. The molecule has 26 heavy (non-hydrogen) atoms. The van der Waals surface area contributed by atoms with E-state index in [1.54, 1.807) is 33.7 Å². The molecule has 0 saturated carbocycles. The van der Waals surface area contributed by atoms with Crippen LogP contribution in [0.3, 0.4) is 0 Å². The highest BCUT2D eigenvalue weighted by Crippen LogP contribution is 2.40. The molecule has 1 fully saturated rings. The van der Waals surface area contributed by atoms with Crippen molar-refractivity contribution in [2.75, 3.05) is 30.4 Å². The Morgan fingerprint density at radius 1 is 1.35 bits per heavy atom. The monoisotopic (exact) mass is 374 g/mol. The van der Waals surface area contributed by atoms with E-state index in [1.807, 2.05) is 24.4 Å². The van der Waals surface area contributed by atoms with Crippen LogP contribution in [0, 0.1) is 0 Å². The minimum absolute atomic E-state index is 0.00193. The van der Waals surface area contributed by atoms with Gasteiger partial charge in [-0.15, -0.1) is 11.3 Å². The van der Waals surface area contributed by atoms with Crippen LogP contribution in [-0.4, -0.2) is 53.5 Å². The first kappa shape index (κ1) is 17.9. The molecule has 2 aliphatic rings. The van der Waals surface area contributed by atoms with E-state index in [-0.39, 0.29) is 24.3 Å². The molecular formula is C17H18N4O4S. The van der Waals surface area contributed by atoms with Gasteiger partial charge in [-0.2, -0.15) is 0 Å². The van der Waals surface area contributed by atoms with E-state index in [4.69, 9.17) is 9.90 Å². The van der Waals surface area contributed by atoms with E-state index in [0.717, 1.165) is 21.8 Å². The van der Waals surface area contributed by atoms with Crippen molar-refractivity contribution in [1.82, 2.24) is 9.88 Å². The van der Waals surface area contributed by atoms with Gasteiger partial charge in [-0.3, -0.25) is 19.5 Å². The maximum absolute atomic E-state index is 12.1. The lowest BCUT2D eigenvalue weighted by atomic mass is 9.89. The number of likely N-dealkylation sites (N-methyl/N-ethyl adjacent to an activating group) is 1. The summed E-state index contributed by atoms with van der Waals surface area (Å²) in [4.78, 5) is 41.2. The van der Waals surface area contributed by atoms with Crippen molar-refractivity contribution in [2.45, 2.75) is 12.3 Å².